The smallest absolute Gasteiger partial charge is 0.166 e. The summed E-state index contributed by atoms with van der Waals surface area (Å²) in [6.45, 7) is 0. The number of hydrogen-bond donors (Lipinski definition) is 0. The van der Waals surface area contributed by atoms with E-state index in [2.05, 4.69) is 15.2 Å². The van der Waals surface area contributed by atoms with Crippen molar-refractivity contribution in [3.63, 3.8) is 0 Å². The molecule has 0 aliphatic carbocycles. The minimum Gasteiger partial charge on any atom is -0.254 e. The van der Waals surface area contributed by atoms with Crippen molar-refractivity contribution in [3.8, 4) is 21.3 Å². The number of nitrogens with zero attached hydrogens (tertiary/aromatic N) is 3. The molecule has 0 unspecified atom stereocenters. The van der Waals surface area contributed by atoms with Gasteiger partial charge in [-0.3, -0.25) is 4.98 Å². The molecule has 3 aromatic rings. The molecule has 0 aliphatic heterocycles. The first kappa shape index (κ1) is 10.1. The maximum Gasteiger partial charge on any atom is 0.166 e. The zero-order valence-corrected chi connectivity index (χ0v) is 9.76. The van der Waals surface area contributed by atoms with Gasteiger partial charge in [-0.1, -0.05) is 47.7 Å². The summed E-state index contributed by atoms with van der Waals surface area (Å²) in [5, 5.41) is 10.1. The van der Waals surface area contributed by atoms with E-state index in [0.717, 1.165) is 21.3 Å². The van der Waals surface area contributed by atoms with Crippen LogP contribution in [0.15, 0.2) is 54.7 Å². The zero-order chi connectivity index (χ0) is 11.5. The molecule has 0 fully saturated rings. The van der Waals surface area contributed by atoms with Gasteiger partial charge in [-0.05, 0) is 12.1 Å². The van der Waals surface area contributed by atoms with Gasteiger partial charge in [-0.2, -0.15) is 0 Å². The fourth-order valence-electron chi connectivity index (χ4n) is 1.51. The van der Waals surface area contributed by atoms with Gasteiger partial charge in [0, 0.05) is 11.8 Å². The second kappa shape index (κ2) is 4.43. The van der Waals surface area contributed by atoms with Crippen LogP contribution in [-0.4, -0.2) is 15.2 Å². The van der Waals surface area contributed by atoms with Crippen molar-refractivity contribution >= 4 is 11.3 Å². The number of benzene rings is 1. The number of hydrogen-bond acceptors (Lipinski definition) is 4. The second-order valence-corrected chi connectivity index (χ2v) is 4.47. The Bertz CT molecular complexity index is 551. The Hall–Kier alpha value is -2.07. The molecule has 0 radical (unpaired) electrons. The maximum atomic E-state index is 4.26. The van der Waals surface area contributed by atoms with E-state index < -0.39 is 0 Å². The quantitative estimate of drug-likeness (QED) is 0.689. The van der Waals surface area contributed by atoms with Crippen molar-refractivity contribution in [2.45, 2.75) is 0 Å². The second-order valence-electron chi connectivity index (χ2n) is 3.49. The molecule has 0 bridgehead atoms. The van der Waals surface area contributed by atoms with E-state index in [4.69, 9.17) is 0 Å². The average molecular weight is 239 g/mol. The lowest BCUT2D eigenvalue weighted by molar-refractivity contribution is 1.09. The van der Waals surface area contributed by atoms with E-state index in [1.807, 2.05) is 48.5 Å². The molecular weight excluding hydrogens is 230 g/mol. The van der Waals surface area contributed by atoms with E-state index in [1.165, 1.54) is 0 Å². The van der Waals surface area contributed by atoms with Crippen LogP contribution in [0.5, 0.6) is 0 Å². The van der Waals surface area contributed by atoms with Crippen molar-refractivity contribution in [2.24, 2.45) is 0 Å². The predicted octanol–water partition coefficient (Wildman–Crippen LogP) is 3.27. The highest BCUT2D eigenvalue weighted by atomic mass is 32.1. The summed E-state index contributed by atoms with van der Waals surface area (Å²) >= 11 is 1.55. The molecule has 0 amide bonds. The van der Waals surface area contributed by atoms with Crippen LogP contribution in [0.2, 0.25) is 0 Å². The fourth-order valence-corrected chi connectivity index (χ4v) is 2.34. The summed E-state index contributed by atoms with van der Waals surface area (Å²) < 4.78 is 0. The summed E-state index contributed by atoms with van der Waals surface area (Å²) in [4.78, 5) is 4.26. The lowest BCUT2D eigenvalue weighted by atomic mass is 10.2. The van der Waals surface area contributed by atoms with Gasteiger partial charge in [0.2, 0.25) is 0 Å². The molecule has 2 heterocycles. The van der Waals surface area contributed by atoms with Crippen molar-refractivity contribution in [2.75, 3.05) is 0 Å². The summed E-state index contributed by atoms with van der Waals surface area (Å²) in [6, 6.07) is 15.8. The monoisotopic (exact) mass is 239 g/mol. The third kappa shape index (κ3) is 2.07. The molecule has 1 aromatic carbocycles. The van der Waals surface area contributed by atoms with Gasteiger partial charge >= 0.3 is 0 Å². The Morgan fingerprint density at radius 2 is 1.53 bits per heavy atom. The molecule has 3 nitrogen and oxygen atoms in total. The molecular formula is C13H9N3S. The first-order chi connectivity index (χ1) is 8.43. The van der Waals surface area contributed by atoms with Crippen molar-refractivity contribution in [3.05, 3.63) is 54.7 Å². The Balaban J connectivity index is 1.99. The van der Waals surface area contributed by atoms with Crippen LogP contribution < -0.4 is 0 Å². The Labute approximate surface area is 103 Å². The van der Waals surface area contributed by atoms with E-state index in [1.54, 1.807) is 17.5 Å². The molecule has 17 heavy (non-hydrogen) atoms. The Morgan fingerprint density at radius 1 is 0.765 bits per heavy atom. The van der Waals surface area contributed by atoms with Gasteiger partial charge in [-0.15, -0.1) is 10.2 Å². The van der Waals surface area contributed by atoms with Crippen LogP contribution in [0, 0.1) is 0 Å². The van der Waals surface area contributed by atoms with E-state index in [0.29, 0.717) is 0 Å². The first-order valence-electron chi connectivity index (χ1n) is 5.24. The first-order valence-corrected chi connectivity index (χ1v) is 6.05. The van der Waals surface area contributed by atoms with Crippen LogP contribution >= 0.6 is 11.3 Å². The molecule has 0 spiro atoms. The SMILES string of the molecule is c1ccc(-c2nnc(-c3ccccn3)s2)cc1. The average Bonchev–Trinajstić information content (AvgIpc) is 2.90. The standard InChI is InChI=1S/C13H9N3S/c1-2-6-10(7-3-1)12-15-16-13(17-12)11-8-4-5-9-14-11/h1-9H. The van der Waals surface area contributed by atoms with E-state index in [9.17, 15) is 0 Å². The summed E-state index contributed by atoms with van der Waals surface area (Å²) in [7, 11) is 0. The highest BCUT2D eigenvalue weighted by Gasteiger charge is 2.08. The number of rotatable bonds is 2. The van der Waals surface area contributed by atoms with Gasteiger partial charge in [0.25, 0.3) is 0 Å². The zero-order valence-electron chi connectivity index (χ0n) is 8.95. The highest BCUT2D eigenvalue weighted by Crippen LogP contribution is 2.28. The minimum absolute atomic E-state index is 0.851. The topological polar surface area (TPSA) is 38.7 Å². The molecule has 4 heteroatoms. The Kier molecular flexibility index (Phi) is 2.63. The molecule has 0 saturated carbocycles. The fraction of sp³-hybridized carbons (Fsp3) is 0. The summed E-state index contributed by atoms with van der Waals surface area (Å²) in [5.41, 5.74) is 1.96. The molecule has 82 valence electrons. The van der Waals surface area contributed by atoms with E-state index in [-0.39, 0.29) is 0 Å². The molecule has 2 aromatic heterocycles. The van der Waals surface area contributed by atoms with Gasteiger partial charge in [-0.25, -0.2) is 0 Å². The van der Waals surface area contributed by atoms with Crippen LogP contribution in [0.1, 0.15) is 0 Å². The maximum absolute atomic E-state index is 4.26. The van der Waals surface area contributed by atoms with Crippen molar-refractivity contribution in [1.29, 1.82) is 0 Å². The van der Waals surface area contributed by atoms with Crippen molar-refractivity contribution < 1.29 is 0 Å². The van der Waals surface area contributed by atoms with Gasteiger partial charge in [0.05, 0.1) is 0 Å². The van der Waals surface area contributed by atoms with Crippen molar-refractivity contribution in [1.82, 2.24) is 15.2 Å². The number of aromatic nitrogens is 3. The third-order valence-corrected chi connectivity index (χ3v) is 3.32. The van der Waals surface area contributed by atoms with Crippen LogP contribution in [0.4, 0.5) is 0 Å². The molecule has 0 atom stereocenters. The highest BCUT2D eigenvalue weighted by molar-refractivity contribution is 7.17. The normalized spacial score (nSPS) is 10.4. The van der Waals surface area contributed by atoms with Gasteiger partial charge in [0.15, 0.2) is 5.01 Å². The largest absolute Gasteiger partial charge is 0.254 e. The van der Waals surface area contributed by atoms with Gasteiger partial charge in [0.1, 0.15) is 10.7 Å². The summed E-state index contributed by atoms with van der Waals surface area (Å²) in [6.07, 6.45) is 1.76. The number of pyridine rings is 1. The molecule has 0 aliphatic rings. The minimum atomic E-state index is 0.851. The third-order valence-electron chi connectivity index (χ3n) is 2.33. The molecule has 0 saturated heterocycles. The molecule has 3 rings (SSSR count). The van der Waals surface area contributed by atoms with Crippen LogP contribution in [-0.2, 0) is 0 Å². The lowest BCUT2D eigenvalue weighted by Gasteiger charge is -1.92. The van der Waals surface area contributed by atoms with E-state index >= 15 is 0 Å². The van der Waals surface area contributed by atoms with Crippen LogP contribution in [0.3, 0.4) is 0 Å². The molecule has 0 N–H and O–H groups in total. The van der Waals surface area contributed by atoms with Crippen LogP contribution in [0.25, 0.3) is 21.3 Å². The predicted molar refractivity (Wildman–Crippen MR) is 68.6 cm³/mol. The lowest BCUT2D eigenvalue weighted by Crippen LogP contribution is -1.79. The summed E-state index contributed by atoms with van der Waals surface area (Å²) in [5.74, 6) is 0. The van der Waals surface area contributed by atoms with Gasteiger partial charge < -0.3 is 0 Å². The Morgan fingerprint density at radius 3 is 2.29 bits per heavy atom.